The van der Waals surface area contributed by atoms with Gasteiger partial charge >= 0.3 is 0 Å². The van der Waals surface area contributed by atoms with Crippen molar-refractivity contribution in [3.63, 3.8) is 0 Å². The third-order valence-corrected chi connectivity index (χ3v) is 6.33. The van der Waals surface area contributed by atoms with Crippen molar-refractivity contribution < 1.29 is 9.66 Å². The van der Waals surface area contributed by atoms with Gasteiger partial charge in [0, 0.05) is 40.0 Å². The van der Waals surface area contributed by atoms with E-state index in [4.69, 9.17) is 4.74 Å². The van der Waals surface area contributed by atoms with Gasteiger partial charge in [-0.05, 0) is 37.4 Å². The van der Waals surface area contributed by atoms with Crippen LogP contribution in [-0.4, -0.2) is 41.0 Å². The minimum atomic E-state index is -0.389. The molecule has 0 unspecified atom stereocenters. The third-order valence-electron chi connectivity index (χ3n) is 4.47. The first-order chi connectivity index (χ1) is 14.1. The number of ether oxygens (including phenoxy) is 1. The zero-order valence-corrected chi connectivity index (χ0v) is 18.0. The Morgan fingerprint density at radius 1 is 1.17 bits per heavy atom. The minimum absolute atomic E-state index is 0.0861. The highest BCUT2D eigenvalue weighted by Crippen LogP contribution is 2.42. The van der Waals surface area contributed by atoms with E-state index in [2.05, 4.69) is 23.7 Å². The average molecular weight is 430 g/mol. The molecule has 0 radical (unpaired) electrons. The number of aromatic nitrogens is 1. The van der Waals surface area contributed by atoms with E-state index in [1.165, 1.54) is 12.1 Å². The van der Waals surface area contributed by atoms with Gasteiger partial charge in [0.15, 0.2) is 0 Å². The van der Waals surface area contributed by atoms with Crippen molar-refractivity contribution in [1.29, 1.82) is 0 Å². The second-order valence-corrected chi connectivity index (χ2v) is 8.20. The van der Waals surface area contributed by atoms with Gasteiger partial charge in [0.1, 0.15) is 17.4 Å². The Morgan fingerprint density at radius 2 is 1.93 bits per heavy atom. The van der Waals surface area contributed by atoms with Crippen molar-refractivity contribution in [1.82, 2.24) is 9.88 Å². The molecular weight excluding hydrogens is 406 g/mol. The average Bonchev–Trinajstić information content (AvgIpc) is 3.26. The highest BCUT2D eigenvalue weighted by Gasteiger charge is 2.16. The molecule has 0 aliphatic rings. The SMILES string of the molecule is CCN(CC)CCOc1cccc(Sc2ccc([N+](=O)[O-])cc2)c1-c1nccs1. The summed E-state index contributed by atoms with van der Waals surface area (Å²) in [6.07, 6.45) is 1.78. The van der Waals surface area contributed by atoms with E-state index in [1.54, 1.807) is 41.4 Å². The standard InChI is InChI=1S/C21H23N3O3S2/c1-3-23(4-2)13-14-27-18-6-5-7-19(20(18)21-22-12-15-28-21)29-17-10-8-16(9-11-17)24(25)26/h5-12,15H,3-4,13-14H2,1-2H3. The molecule has 152 valence electrons. The van der Waals surface area contributed by atoms with Gasteiger partial charge in [-0.25, -0.2) is 4.98 Å². The van der Waals surface area contributed by atoms with Crippen LogP contribution >= 0.6 is 23.1 Å². The molecule has 0 saturated heterocycles. The van der Waals surface area contributed by atoms with Crippen molar-refractivity contribution in [2.75, 3.05) is 26.2 Å². The first-order valence-electron chi connectivity index (χ1n) is 9.42. The number of hydrogen-bond acceptors (Lipinski definition) is 7. The number of non-ortho nitro benzene ring substituents is 1. The Hall–Kier alpha value is -2.42. The van der Waals surface area contributed by atoms with Crippen LogP contribution in [0.1, 0.15) is 13.8 Å². The summed E-state index contributed by atoms with van der Waals surface area (Å²) in [5.41, 5.74) is 1.05. The third kappa shape index (κ3) is 5.56. The predicted octanol–water partition coefficient (Wildman–Crippen LogP) is 5.59. The molecule has 3 rings (SSSR count). The number of hydrogen-bond donors (Lipinski definition) is 0. The van der Waals surface area contributed by atoms with Crippen molar-refractivity contribution in [3.8, 4) is 16.3 Å². The van der Waals surface area contributed by atoms with E-state index in [0.29, 0.717) is 6.61 Å². The number of benzene rings is 2. The van der Waals surface area contributed by atoms with Crippen LogP contribution in [0.5, 0.6) is 5.75 Å². The van der Waals surface area contributed by atoms with Gasteiger partial charge in [0.25, 0.3) is 5.69 Å². The Bertz CT molecular complexity index is 927. The lowest BCUT2D eigenvalue weighted by atomic mass is 10.2. The fourth-order valence-electron chi connectivity index (χ4n) is 2.86. The van der Waals surface area contributed by atoms with Crippen LogP contribution in [0.3, 0.4) is 0 Å². The normalized spacial score (nSPS) is 11.0. The van der Waals surface area contributed by atoms with Gasteiger partial charge in [-0.1, -0.05) is 31.7 Å². The molecule has 0 fully saturated rings. The number of likely N-dealkylation sites (N-methyl/N-ethyl adjacent to an activating group) is 1. The molecule has 0 amide bonds. The first kappa shape index (κ1) is 21.3. The smallest absolute Gasteiger partial charge is 0.269 e. The maximum absolute atomic E-state index is 10.9. The van der Waals surface area contributed by atoms with Crippen molar-refractivity contribution in [3.05, 3.63) is 64.2 Å². The lowest BCUT2D eigenvalue weighted by Gasteiger charge is -2.19. The number of nitrogens with zero attached hydrogens (tertiary/aromatic N) is 3. The van der Waals surface area contributed by atoms with Crippen molar-refractivity contribution in [2.45, 2.75) is 23.6 Å². The Labute approximate surface area is 178 Å². The van der Waals surface area contributed by atoms with Gasteiger partial charge in [-0.3, -0.25) is 10.1 Å². The van der Waals surface area contributed by atoms with E-state index in [9.17, 15) is 10.1 Å². The van der Waals surface area contributed by atoms with Crippen LogP contribution in [0, 0.1) is 10.1 Å². The maximum Gasteiger partial charge on any atom is 0.269 e. The molecule has 0 bridgehead atoms. The molecule has 6 nitrogen and oxygen atoms in total. The van der Waals surface area contributed by atoms with Crippen LogP contribution in [0.4, 0.5) is 5.69 Å². The fourth-order valence-corrected chi connectivity index (χ4v) is 4.60. The summed E-state index contributed by atoms with van der Waals surface area (Å²) in [7, 11) is 0. The van der Waals surface area contributed by atoms with E-state index in [-0.39, 0.29) is 10.6 Å². The molecule has 0 aliphatic heterocycles. The van der Waals surface area contributed by atoms with Gasteiger partial charge in [0.2, 0.25) is 0 Å². The zero-order chi connectivity index (χ0) is 20.6. The minimum Gasteiger partial charge on any atom is -0.491 e. The maximum atomic E-state index is 10.9. The molecule has 29 heavy (non-hydrogen) atoms. The molecule has 0 aliphatic carbocycles. The van der Waals surface area contributed by atoms with Gasteiger partial charge in [-0.2, -0.15) is 0 Å². The zero-order valence-electron chi connectivity index (χ0n) is 16.4. The second kappa shape index (κ2) is 10.4. The predicted molar refractivity (Wildman–Crippen MR) is 118 cm³/mol. The number of rotatable bonds is 10. The van der Waals surface area contributed by atoms with Gasteiger partial charge in [-0.15, -0.1) is 11.3 Å². The number of nitro benzene ring substituents is 1. The Morgan fingerprint density at radius 3 is 2.55 bits per heavy atom. The summed E-state index contributed by atoms with van der Waals surface area (Å²) in [5, 5.41) is 13.7. The molecule has 1 aromatic heterocycles. The van der Waals surface area contributed by atoms with E-state index >= 15 is 0 Å². The summed E-state index contributed by atoms with van der Waals surface area (Å²) < 4.78 is 6.15. The highest BCUT2D eigenvalue weighted by molar-refractivity contribution is 7.99. The molecular formula is C21H23N3O3S2. The van der Waals surface area contributed by atoms with Gasteiger partial charge < -0.3 is 9.64 Å². The number of nitro groups is 1. The molecule has 2 aromatic carbocycles. The van der Waals surface area contributed by atoms with E-state index in [1.807, 2.05) is 23.6 Å². The van der Waals surface area contributed by atoms with Crippen molar-refractivity contribution >= 4 is 28.8 Å². The van der Waals surface area contributed by atoms with Crippen molar-refractivity contribution in [2.24, 2.45) is 0 Å². The molecule has 3 aromatic rings. The van der Waals surface area contributed by atoms with Crippen LogP contribution < -0.4 is 4.74 Å². The molecule has 0 spiro atoms. The van der Waals surface area contributed by atoms with Crippen LogP contribution in [0.2, 0.25) is 0 Å². The summed E-state index contributed by atoms with van der Waals surface area (Å²) in [6, 6.07) is 12.5. The lowest BCUT2D eigenvalue weighted by molar-refractivity contribution is -0.384. The number of thiazole rings is 1. The Kier molecular flexibility index (Phi) is 7.62. The molecule has 0 atom stereocenters. The van der Waals surface area contributed by atoms with Crippen LogP contribution in [0.15, 0.2) is 63.8 Å². The molecule has 0 N–H and O–H groups in total. The lowest BCUT2D eigenvalue weighted by Crippen LogP contribution is -2.28. The Balaban J connectivity index is 1.85. The van der Waals surface area contributed by atoms with Gasteiger partial charge in [0.05, 0.1) is 10.5 Å². The van der Waals surface area contributed by atoms with E-state index < -0.39 is 0 Å². The monoisotopic (exact) mass is 429 g/mol. The molecule has 8 heteroatoms. The quantitative estimate of drug-likeness (QED) is 0.309. The fraction of sp³-hybridized carbons (Fsp3) is 0.286. The molecule has 0 saturated carbocycles. The summed E-state index contributed by atoms with van der Waals surface area (Å²) in [5.74, 6) is 0.805. The molecule has 1 heterocycles. The highest BCUT2D eigenvalue weighted by atomic mass is 32.2. The summed E-state index contributed by atoms with van der Waals surface area (Å²) >= 11 is 3.12. The first-order valence-corrected chi connectivity index (χ1v) is 11.1. The van der Waals surface area contributed by atoms with Crippen LogP contribution in [-0.2, 0) is 0 Å². The van der Waals surface area contributed by atoms with E-state index in [0.717, 1.165) is 45.7 Å². The summed E-state index contributed by atoms with van der Waals surface area (Å²) in [6.45, 7) is 7.75. The second-order valence-electron chi connectivity index (χ2n) is 6.19. The topological polar surface area (TPSA) is 68.5 Å². The van der Waals surface area contributed by atoms with Crippen LogP contribution in [0.25, 0.3) is 10.6 Å². The largest absolute Gasteiger partial charge is 0.491 e. The summed E-state index contributed by atoms with van der Waals surface area (Å²) in [4.78, 5) is 19.2.